The summed E-state index contributed by atoms with van der Waals surface area (Å²) in [5, 5.41) is 4.33. The van der Waals surface area contributed by atoms with E-state index >= 15 is 0 Å². The Morgan fingerprint density at radius 2 is 2.00 bits per heavy atom. The van der Waals surface area contributed by atoms with Crippen molar-refractivity contribution in [2.75, 3.05) is 0 Å². The van der Waals surface area contributed by atoms with E-state index in [0.29, 0.717) is 39.4 Å². The predicted octanol–water partition coefficient (Wildman–Crippen LogP) is 3.12. The highest BCUT2D eigenvalue weighted by Crippen LogP contribution is 2.36. The molecule has 1 aromatic heterocycles. The molecular weight excluding hydrogens is 290 g/mol. The molecule has 0 spiro atoms. The molecule has 0 radical (unpaired) electrons. The van der Waals surface area contributed by atoms with E-state index in [1.54, 1.807) is 18.2 Å². The highest BCUT2D eigenvalue weighted by molar-refractivity contribution is 6.36. The average molecular weight is 298 g/mol. The fourth-order valence-electron chi connectivity index (χ4n) is 2.78. The van der Waals surface area contributed by atoms with Gasteiger partial charge in [-0.25, -0.2) is 0 Å². The zero-order valence-corrected chi connectivity index (χ0v) is 11.5. The Labute approximate surface area is 124 Å². The number of hydrogen-bond acceptors (Lipinski definition) is 4. The smallest absolute Gasteiger partial charge is 0.190 e. The Kier molecular flexibility index (Phi) is 2.50. The Hall–Kier alpha value is -2.46. The summed E-state index contributed by atoms with van der Waals surface area (Å²) in [6, 6.07) is 5.21. The van der Waals surface area contributed by atoms with E-state index in [0.717, 1.165) is 5.56 Å². The number of carbonyl (C=O) groups excluding carboxylic acids is 2. The van der Waals surface area contributed by atoms with E-state index in [1.807, 2.05) is 6.07 Å². The molecule has 0 amide bonds. The van der Waals surface area contributed by atoms with Crippen molar-refractivity contribution in [3.63, 3.8) is 0 Å². The van der Waals surface area contributed by atoms with Crippen molar-refractivity contribution in [1.29, 1.82) is 0 Å². The quantitative estimate of drug-likeness (QED) is 0.701. The molecule has 4 rings (SSSR count). The van der Waals surface area contributed by atoms with Crippen LogP contribution in [0.3, 0.4) is 0 Å². The van der Waals surface area contributed by atoms with Gasteiger partial charge in [0, 0.05) is 28.2 Å². The number of aromatic nitrogens is 1. The van der Waals surface area contributed by atoms with Gasteiger partial charge in [-0.05, 0) is 29.8 Å². The number of Topliss-reactive ketones (excluding diaryl/α,β-unsaturated/α-hetero) is 1. The van der Waals surface area contributed by atoms with Crippen molar-refractivity contribution in [3.05, 3.63) is 63.5 Å². The molecule has 0 saturated carbocycles. The highest BCUT2D eigenvalue weighted by atomic mass is 35.5. The second kappa shape index (κ2) is 4.27. The largest absolute Gasteiger partial charge is 0.363 e. The zero-order chi connectivity index (χ0) is 14.6. The third kappa shape index (κ3) is 1.73. The first kappa shape index (κ1) is 12.3. The summed E-state index contributed by atoms with van der Waals surface area (Å²) in [6.07, 6.45) is 4.83. The molecule has 0 atom stereocenters. The minimum absolute atomic E-state index is 0.154. The van der Waals surface area contributed by atoms with Crippen molar-refractivity contribution in [2.45, 2.75) is 6.42 Å². The van der Waals surface area contributed by atoms with E-state index < -0.39 is 0 Å². The van der Waals surface area contributed by atoms with Gasteiger partial charge in [0.25, 0.3) is 0 Å². The molecule has 0 fully saturated rings. The molecule has 1 heterocycles. The predicted molar refractivity (Wildman–Crippen MR) is 77.0 cm³/mol. The summed E-state index contributed by atoms with van der Waals surface area (Å²) in [5.41, 5.74) is 3.44. The van der Waals surface area contributed by atoms with Gasteiger partial charge in [0.1, 0.15) is 12.0 Å². The fraction of sp³-hybridized carbons (Fsp3) is 0.0625. The second-order valence-electron chi connectivity index (χ2n) is 4.97. The van der Waals surface area contributed by atoms with Crippen molar-refractivity contribution in [1.82, 2.24) is 5.16 Å². The lowest BCUT2D eigenvalue weighted by Gasteiger charge is -2.09. The molecule has 4 nitrogen and oxygen atoms in total. The molecule has 0 N–H and O–H groups in total. The first-order chi connectivity index (χ1) is 10.1. The SMILES string of the molecule is O=C1C=Cc2nocc2/C1=C1/Cc2ccc(Cl)cc2C1=O. The lowest BCUT2D eigenvalue weighted by atomic mass is 9.90. The van der Waals surface area contributed by atoms with Crippen molar-refractivity contribution >= 4 is 34.8 Å². The zero-order valence-electron chi connectivity index (χ0n) is 10.7. The van der Waals surface area contributed by atoms with Crippen LogP contribution in [0.25, 0.3) is 11.6 Å². The summed E-state index contributed by atoms with van der Waals surface area (Å²) >= 11 is 5.94. The molecule has 5 heteroatoms. The van der Waals surface area contributed by atoms with Crippen molar-refractivity contribution in [2.24, 2.45) is 0 Å². The van der Waals surface area contributed by atoms with Gasteiger partial charge in [-0.2, -0.15) is 0 Å². The van der Waals surface area contributed by atoms with E-state index in [4.69, 9.17) is 16.1 Å². The van der Waals surface area contributed by atoms with Crippen LogP contribution in [0.1, 0.15) is 27.2 Å². The molecule has 1 aromatic carbocycles. The third-order valence-corrected chi connectivity index (χ3v) is 4.00. The minimum Gasteiger partial charge on any atom is -0.363 e. The summed E-state index contributed by atoms with van der Waals surface area (Å²) in [5.74, 6) is -0.355. The van der Waals surface area contributed by atoms with Crippen molar-refractivity contribution in [3.8, 4) is 0 Å². The van der Waals surface area contributed by atoms with Crippen LogP contribution in [0.15, 0.2) is 40.6 Å². The topological polar surface area (TPSA) is 60.2 Å². The molecule has 102 valence electrons. The van der Waals surface area contributed by atoms with E-state index in [-0.39, 0.29) is 11.6 Å². The average Bonchev–Trinajstić information content (AvgIpc) is 3.05. The van der Waals surface area contributed by atoms with Gasteiger partial charge in [0.2, 0.25) is 0 Å². The number of hydrogen-bond donors (Lipinski definition) is 0. The highest BCUT2D eigenvalue weighted by Gasteiger charge is 2.33. The molecule has 2 aliphatic carbocycles. The first-order valence-corrected chi connectivity index (χ1v) is 6.76. The molecular formula is C16H8ClNO3. The maximum Gasteiger partial charge on any atom is 0.190 e. The fourth-order valence-corrected chi connectivity index (χ4v) is 2.96. The third-order valence-electron chi connectivity index (χ3n) is 3.77. The number of carbonyl (C=O) groups is 2. The van der Waals surface area contributed by atoms with Gasteiger partial charge >= 0.3 is 0 Å². The van der Waals surface area contributed by atoms with Crippen LogP contribution >= 0.6 is 11.6 Å². The molecule has 2 aromatic rings. The number of fused-ring (bicyclic) bond motifs is 2. The number of nitrogens with zero attached hydrogens (tertiary/aromatic N) is 1. The summed E-state index contributed by atoms with van der Waals surface area (Å²) < 4.78 is 4.92. The normalized spacial score (nSPS) is 19.9. The lowest BCUT2D eigenvalue weighted by molar-refractivity contribution is -0.109. The van der Waals surface area contributed by atoms with Crippen LogP contribution in [-0.4, -0.2) is 16.7 Å². The van der Waals surface area contributed by atoms with Crippen LogP contribution in [0.4, 0.5) is 0 Å². The van der Waals surface area contributed by atoms with Gasteiger partial charge in [-0.3, -0.25) is 9.59 Å². The number of allylic oxidation sites excluding steroid dienone is 3. The van der Waals surface area contributed by atoms with Gasteiger partial charge in [0.05, 0.1) is 5.56 Å². The molecule has 0 bridgehead atoms. The maximum atomic E-state index is 12.6. The Morgan fingerprint density at radius 3 is 2.86 bits per heavy atom. The van der Waals surface area contributed by atoms with Crippen LogP contribution in [0, 0.1) is 0 Å². The Morgan fingerprint density at radius 1 is 1.14 bits per heavy atom. The summed E-state index contributed by atoms with van der Waals surface area (Å²) in [4.78, 5) is 24.8. The Balaban J connectivity index is 1.94. The maximum absolute atomic E-state index is 12.6. The first-order valence-electron chi connectivity index (χ1n) is 6.38. The van der Waals surface area contributed by atoms with E-state index in [1.165, 1.54) is 12.3 Å². The van der Waals surface area contributed by atoms with Gasteiger partial charge < -0.3 is 4.52 Å². The van der Waals surface area contributed by atoms with Crippen LogP contribution in [0.5, 0.6) is 0 Å². The van der Waals surface area contributed by atoms with E-state index in [9.17, 15) is 9.59 Å². The standard InChI is InChI=1S/C16H8ClNO3/c17-9-2-1-8-5-11(16(20)10(8)6-9)15-12-7-21-18-13(12)3-4-14(15)19/h1-4,6-7H,5H2/b15-11+. The second-order valence-corrected chi connectivity index (χ2v) is 5.41. The van der Waals surface area contributed by atoms with Crippen LogP contribution in [-0.2, 0) is 11.2 Å². The minimum atomic E-state index is -0.201. The van der Waals surface area contributed by atoms with E-state index in [2.05, 4.69) is 5.16 Å². The van der Waals surface area contributed by atoms with Gasteiger partial charge in [-0.1, -0.05) is 22.8 Å². The summed E-state index contributed by atoms with van der Waals surface area (Å²) in [7, 11) is 0. The molecule has 21 heavy (non-hydrogen) atoms. The lowest BCUT2D eigenvalue weighted by Crippen LogP contribution is -2.10. The molecule has 0 aliphatic heterocycles. The molecule has 2 aliphatic rings. The van der Waals surface area contributed by atoms with Crippen LogP contribution < -0.4 is 0 Å². The van der Waals surface area contributed by atoms with Gasteiger partial charge in [0.15, 0.2) is 11.6 Å². The number of halogens is 1. The molecule has 0 saturated heterocycles. The molecule has 0 unspecified atom stereocenters. The van der Waals surface area contributed by atoms with Crippen molar-refractivity contribution < 1.29 is 14.1 Å². The monoisotopic (exact) mass is 297 g/mol. The number of benzene rings is 1. The van der Waals surface area contributed by atoms with Crippen LogP contribution in [0.2, 0.25) is 5.02 Å². The number of rotatable bonds is 0. The van der Waals surface area contributed by atoms with Gasteiger partial charge in [-0.15, -0.1) is 0 Å². The number of ketones is 2. The summed E-state index contributed by atoms with van der Waals surface area (Å²) in [6.45, 7) is 0. The Bertz CT molecular complexity index is 873.